The van der Waals surface area contributed by atoms with Gasteiger partial charge in [0, 0.05) is 11.8 Å². The Balaban J connectivity index is 1.70. The van der Waals surface area contributed by atoms with Crippen molar-refractivity contribution in [3.63, 3.8) is 0 Å². The van der Waals surface area contributed by atoms with E-state index in [1.54, 1.807) is 12.1 Å². The predicted octanol–water partition coefficient (Wildman–Crippen LogP) is 4.32. The number of fused-ring (bicyclic) bond motifs is 1. The molecule has 4 rings (SSSR count). The lowest BCUT2D eigenvalue weighted by Gasteiger charge is -2.08. The number of hydrogen-bond donors (Lipinski definition) is 1. The minimum absolute atomic E-state index is 0.0893. The van der Waals surface area contributed by atoms with E-state index in [-0.39, 0.29) is 18.1 Å². The molecular weight excluding hydrogens is 329 g/mol. The molecule has 0 saturated carbocycles. The number of amides is 1. The fourth-order valence-electron chi connectivity index (χ4n) is 2.92. The highest BCUT2D eigenvalue weighted by Gasteiger charge is 2.16. The van der Waals surface area contributed by atoms with Crippen LogP contribution in [0.5, 0.6) is 0 Å². The zero-order valence-corrected chi connectivity index (χ0v) is 13.9. The molecule has 4 aromatic rings. The van der Waals surface area contributed by atoms with Gasteiger partial charge in [0.15, 0.2) is 0 Å². The van der Waals surface area contributed by atoms with Gasteiger partial charge in [0.2, 0.25) is 5.91 Å². The molecule has 0 saturated heterocycles. The first-order valence-corrected chi connectivity index (χ1v) is 8.27. The molecule has 1 N–H and O–H groups in total. The third-order valence-corrected chi connectivity index (χ3v) is 4.09. The summed E-state index contributed by atoms with van der Waals surface area (Å²) in [5.74, 6) is 0.0294. The molecule has 0 aliphatic carbocycles. The van der Waals surface area contributed by atoms with Crippen molar-refractivity contribution >= 4 is 17.4 Å². The van der Waals surface area contributed by atoms with Gasteiger partial charge < -0.3 is 5.32 Å². The lowest BCUT2D eigenvalue weighted by atomic mass is 10.1. The topological polar surface area (TPSA) is 46.4 Å². The average molecular weight is 345 g/mol. The maximum atomic E-state index is 13.3. The van der Waals surface area contributed by atoms with Crippen LogP contribution in [0.4, 0.5) is 10.2 Å². The molecule has 2 aromatic heterocycles. The van der Waals surface area contributed by atoms with E-state index in [2.05, 4.69) is 10.3 Å². The van der Waals surface area contributed by atoms with Gasteiger partial charge in [-0.25, -0.2) is 9.37 Å². The molecule has 5 heteroatoms. The molecule has 0 fully saturated rings. The quantitative estimate of drug-likeness (QED) is 0.599. The van der Waals surface area contributed by atoms with Crippen LogP contribution in [0.25, 0.3) is 16.9 Å². The van der Waals surface area contributed by atoms with Gasteiger partial charge in [-0.15, -0.1) is 0 Å². The summed E-state index contributed by atoms with van der Waals surface area (Å²) in [6, 6.07) is 21.4. The predicted molar refractivity (Wildman–Crippen MR) is 99.4 cm³/mol. The van der Waals surface area contributed by atoms with Crippen LogP contribution in [0.1, 0.15) is 5.56 Å². The number of nitrogens with zero attached hydrogens (tertiary/aromatic N) is 2. The number of carbonyl (C=O) groups is 1. The number of aromatic nitrogens is 2. The summed E-state index contributed by atoms with van der Waals surface area (Å²) in [6.45, 7) is 0. The van der Waals surface area contributed by atoms with Crippen LogP contribution in [0.3, 0.4) is 0 Å². The molecule has 0 unspecified atom stereocenters. The van der Waals surface area contributed by atoms with E-state index in [1.807, 2.05) is 59.1 Å². The van der Waals surface area contributed by atoms with E-state index in [0.29, 0.717) is 17.1 Å². The number of nitrogens with one attached hydrogen (secondary N) is 1. The van der Waals surface area contributed by atoms with Crippen molar-refractivity contribution < 1.29 is 9.18 Å². The number of halogens is 1. The molecule has 0 aliphatic heterocycles. The second kappa shape index (κ2) is 6.80. The Morgan fingerprint density at radius 1 is 1.00 bits per heavy atom. The third-order valence-electron chi connectivity index (χ3n) is 4.09. The van der Waals surface area contributed by atoms with E-state index in [0.717, 1.165) is 11.2 Å². The number of pyridine rings is 1. The van der Waals surface area contributed by atoms with Crippen molar-refractivity contribution in [2.45, 2.75) is 6.42 Å². The van der Waals surface area contributed by atoms with E-state index in [1.165, 1.54) is 12.1 Å². The molecule has 1 amide bonds. The third kappa shape index (κ3) is 3.19. The first-order valence-electron chi connectivity index (χ1n) is 8.27. The molecule has 0 spiro atoms. The Bertz CT molecular complexity index is 1070. The summed E-state index contributed by atoms with van der Waals surface area (Å²) < 4.78 is 15.2. The van der Waals surface area contributed by atoms with Gasteiger partial charge in [-0.05, 0) is 29.8 Å². The van der Waals surface area contributed by atoms with Gasteiger partial charge in [0.25, 0.3) is 0 Å². The van der Waals surface area contributed by atoms with Crippen molar-refractivity contribution in [2.75, 3.05) is 5.32 Å². The zero-order chi connectivity index (χ0) is 17.9. The second-order valence-corrected chi connectivity index (χ2v) is 5.96. The lowest BCUT2D eigenvalue weighted by Crippen LogP contribution is -2.16. The summed E-state index contributed by atoms with van der Waals surface area (Å²) in [6.07, 6.45) is 1.94. The average Bonchev–Trinajstić information content (AvgIpc) is 3.01. The summed E-state index contributed by atoms with van der Waals surface area (Å²) in [5.41, 5.74) is 2.98. The Kier molecular flexibility index (Phi) is 4.19. The van der Waals surface area contributed by atoms with Crippen LogP contribution in [0.2, 0.25) is 0 Å². The molecule has 0 atom stereocenters. The highest BCUT2D eigenvalue weighted by Crippen LogP contribution is 2.28. The molecule has 0 radical (unpaired) electrons. The molecule has 0 bridgehead atoms. The highest BCUT2D eigenvalue weighted by atomic mass is 19.1. The molecule has 0 aliphatic rings. The molecule has 2 heterocycles. The van der Waals surface area contributed by atoms with Crippen LogP contribution >= 0.6 is 0 Å². The monoisotopic (exact) mass is 345 g/mol. The summed E-state index contributed by atoms with van der Waals surface area (Å²) in [7, 11) is 0. The number of imidazole rings is 1. The first-order chi connectivity index (χ1) is 12.7. The fraction of sp³-hybridized carbons (Fsp3) is 0.0476. The maximum absolute atomic E-state index is 13.3. The van der Waals surface area contributed by atoms with E-state index >= 15 is 0 Å². The largest absolute Gasteiger partial charge is 0.310 e. The van der Waals surface area contributed by atoms with Gasteiger partial charge in [-0.1, -0.05) is 48.5 Å². The maximum Gasteiger partial charge on any atom is 0.229 e. The molecule has 26 heavy (non-hydrogen) atoms. The first kappa shape index (κ1) is 16.0. The smallest absolute Gasteiger partial charge is 0.229 e. The number of benzene rings is 2. The van der Waals surface area contributed by atoms with Gasteiger partial charge in [0.1, 0.15) is 23.0 Å². The minimum atomic E-state index is -0.352. The summed E-state index contributed by atoms with van der Waals surface area (Å²) >= 11 is 0. The van der Waals surface area contributed by atoms with E-state index < -0.39 is 0 Å². The van der Waals surface area contributed by atoms with Crippen molar-refractivity contribution in [3.8, 4) is 11.3 Å². The number of carbonyl (C=O) groups excluding carboxylic acids is 1. The van der Waals surface area contributed by atoms with E-state index in [4.69, 9.17) is 0 Å². The van der Waals surface area contributed by atoms with Crippen LogP contribution < -0.4 is 5.32 Å². The SMILES string of the molecule is O=C(Cc1cccc(F)c1)Nc1c(-c2ccccc2)nc2ccccn12. The fourth-order valence-corrected chi connectivity index (χ4v) is 2.92. The van der Waals surface area contributed by atoms with Crippen LogP contribution in [0, 0.1) is 5.82 Å². The standard InChI is InChI=1S/C21H16FN3O/c22-17-10-6-7-15(13-17)14-19(26)24-21-20(16-8-2-1-3-9-16)23-18-11-4-5-12-25(18)21/h1-13H,14H2,(H,24,26). The molecule has 128 valence electrons. The second-order valence-electron chi connectivity index (χ2n) is 5.96. The Morgan fingerprint density at radius 3 is 2.62 bits per heavy atom. The summed E-state index contributed by atoms with van der Waals surface area (Å²) in [4.78, 5) is 17.2. The van der Waals surface area contributed by atoms with Gasteiger partial charge in [-0.3, -0.25) is 9.20 Å². The highest BCUT2D eigenvalue weighted by molar-refractivity contribution is 5.95. The molecule has 4 nitrogen and oxygen atoms in total. The van der Waals surface area contributed by atoms with Crippen LogP contribution in [-0.4, -0.2) is 15.3 Å². The Morgan fingerprint density at radius 2 is 1.81 bits per heavy atom. The van der Waals surface area contributed by atoms with Gasteiger partial charge >= 0.3 is 0 Å². The molecular formula is C21H16FN3O. The van der Waals surface area contributed by atoms with Crippen molar-refractivity contribution in [2.24, 2.45) is 0 Å². The zero-order valence-electron chi connectivity index (χ0n) is 13.9. The van der Waals surface area contributed by atoms with Crippen molar-refractivity contribution in [1.82, 2.24) is 9.38 Å². The van der Waals surface area contributed by atoms with Crippen LogP contribution in [0.15, 0.2) is 79.0 Å². The van der Waals surface area contributed by atoms with Crippen molar-refractivity contribution in [1.29, 1.82) is 0 Å². The van der Waals surface area contributed by atoms with Crippen LogP contribution in [-0.2, 0) is 11.2 Å². The van der Waals surface area contributed by atoms with Gasteiger partial charge in [0.05, 0.1) is 6.42 Å². The van der Waals surface area contributed by atoms with Crippen molar-refractivity contribution in [3.05, 3.63) is 90.4 Å². The number of rotatable bonds is 4. The lowest BCUT2D eigenvalue weighted by molar-refractivity contribution is -0.115. The summed E-state index contributed by atoms with van der Waals surface area (Å²) in [5, 5.41) is 2.94. The van der Waals surface area contributed by atoms with Gasteiger partial charge in [-0.2, -0.15) is 0 Å². The number of anilines is 1. The normalized spacial score (nSPS) is 10.8. The Hall–Kier alpha value is -3.47. The number of hydrogen-bond acceptors (Lipinski definition) is 2. The minimum Gasteiger partial charge on any atom is -0.310 e. The molecule has 2 aromatic carbocycles. The van der Waals surface area contributed by atoms with E-state index in [9.17, 15) is 9.18 Å². The Labute approximate surface area is 149 Å².